The molecular formula is C10H12OS. The first-order valence-corrected chi connectivity index (χ1v) is 4.37. The van der Waals surface area contributed by atoms with E-state index in [1.54, 1.807) is 12.5 Å². The number of hydrogen-bond donors (Lipinski definition) is 0. The zero-order valence-electron chi connectivity index (χ0n) is 7.07. The predicted octanol–water partition coefficient (Wildman–Crippen LogP) is 2.76. The molecule has 0 saturated carbocycles. The molecule has 0 bridgehead atoms. The molecule has 0 heterocycles. The summed E-state index contributed by atoms with van der Waals surface area (Å²) in [4.78, 5) is 0. The minimum atomic E-state index is 0.115. The highest BCUT2D eigenvalue weighted by Gasteiger charge is 2.06. The van der Waals surface area contributed by atoms with Crippen LogP contribution in [0.4, 0.5) is 0 Å². The normalized spacial score (nSPS) is 12.4. The fourth-order valence-corrected chi connectivity index (χ4v) is 1.30. The van der Waals surface area contributed by atoms with Gasteiger partial charge in [0, 0.05) is 13.5 Å². The first kappa shape index (κ1) is 9.36. The van der Waals surface area contributed by atoms with E-state index in [9.17, 15) is 0 Å². The summed E-state index contributed by atoms with van der Waals surface area (Å²) < 4.78 is 5.28. The van der Waals surface area contributed by atoms with Crippen LogP contribution in [0.5, 0.6) is 0 Å². The molecule has 0 N–H and O–H groups in total. The molecule has 64 valence electrons. The molecule has 2 heteroatoms. The number of rotatable bonds is 4. The van der Waals surface area contributed by atoms with Gasteiger partial charge < -0.3 is 4.74 Å². The Kier molecular flexibility index (Phi) is 3.91. The molecule has 0 saturated heterocycles. The number of methoxy groups -OCH3 is 1. The molecule has 0 fully saturated rings. The SMILES string of the molecule is COC(CC=S)c1ccccc1. The number of ether oxygens (including phenoxy) is 1. The predicted molar refractivity (Wildman–Crippen MR) is 54.5 cm³/mol. The minimum Gasteiger partial charge on any atom is -0.376 e. The van der Waals surface area contributed by atoms with Crippen LogP contribution in [0, 0.1) is 0 Å². The van der Waals surface area contributed by atoms with Gasteiger partial charge in [0.2, 0.25) is 0 Å². The quantitative estimate of drug-likeness (QED) is 0.659. The van der Waals surface area contributed by atoms with Crippen LogP contribution >= 0.6 is 12.2 Å². The zero-order chi connectivity index (χ0) is 8.81. The average molecular weight is 180 g/mol. The number of thiocarbonyl (C=S) groups is 1. The second-order valence-corrected chi connectivity index (χ2v) is 2.87. The van der Waals surface area contributed by atoms with Gasteiger partial charge in [-0.2, -0.15) is 0 Å². The van der Waals surface area contributed by atoms with Crippen molar-refractivity contribution in [3.8, 4) is 0 Å². The Morgan fingerprint density at radius 1 is 1.42 bits per heavy atom. The topological polar surface area (TPSA) is 9.23 Å². The van der Waals surface area contributed by atoms with Crippen molar-refractivity contribution in [3.05, 3.63) is 35.9 Å². The lowest BCUT2D eigenvalue weighted by Crippen LogP contribution is -2.00. The smallest absolute Gasteiger partial charge is 0.0863 e. The summed E-state index contributed by atoms with van der Waals surface area (Å²) in [6, 6.07) is 10.1. The molecule has 0 aliphatic rings. The summed E-state index contributed by atoms with van der Waals surface area (Å²) in [7, 11) is 1.70. The maximum absolute atomic E-state index is 5.28. The lowest BCUT2D eigenvalue weighted by Gasteiger charge is -2.12. The van der Waals surface area contributed by atoms with Crippen molar-refractivity contribution in [2.45, 2.75) is 12.5 Å². The molecule has 0 aliphatic carbocycles. The monoisotopic (exact) mass is 180 g/mol. The average Bonchev–Trinajstić information content (AvgIpc) is 2.15. The first-order chi connectivity index (χ1) is 5.88. The van der Waals surface area contributed by atoms with Gasteiger partial charge in [0.25, 0.3) is 0 Å². The summed E-state index contributed by atoms with van der Waals surface area (Å²) in [5.41, 5.74) is 1.18. The third kappa shape index (κ3) is 2.40. The van der Waals surface area contributed by atoms with Crippen molar-refractivity contribution in [3.63, 3.8) is 0 Å². The van der Waals surface area contributed by atoms with Gasteiger partial charge in [-0.1, -0.05) is 42.5 Å². The van der Waals surface area contributed by atoms with Gasteiger partial charge in [0.15, 0.2) is 0 Å². The summed E-state index contributed by atoms with van der Waals surface area (Å²) >= 11 is 4.79. The summed E-state index contributed by atoms with van der Waals surface area (Å²) in [5.74, 6) is 0. The molecule has 0 spiro atoms. The third-order valence-electron chi connectivity index (χ3n) is 1.77. The molecule has 0 amide bonds. The van der Waals surface area contributed by atoms with Gasteiger partial charge >= 0.3 is 0 Å². The summed E-state index contributed by atoms with van der Waals surface area (Å²) in [5, 5.41) is 1.71. The minimum absolute atomic E-state index is 0.115. The van der Waals surface area contributed by atoms with Gasteiger partial charge in [-0.05, 0) is 10.9 Å². The highest BCUT2D eigenvalue weighted by Crippen LogP contribution is 2.18. The second kappa shape index (κ2) is 5.01. The van der Waals surface area contributed by atoms with E-state index in [4.69, 9.17) is 17.0 Å². The van der Waals surface area contributed by atoms with Gasteiger partial charge in [0.1, 0.15) is 0 Å². The highest BCUT2D eigenvalue weighted by atomic mass is 32.1. The fraction of sp³-hybridized carbons (Fsp3) is 0.300. The molecule has 0 radical (unpaired) electrons. The molecule has 1 unspecified atom stereocenters. The molecule has 0 aromatic heterocycles. The largest absolute Gasteiger partial charge is 0.376 e. The Hall–Kier alpha value is -0.730. The molecule has 1 atom stereocenters. The van der Waals surface area contributed by atoms with E-state index in [2.05, 4.69) is 0 Å². The molecule has 12 heavy (non-hydrogen) atoms. The van der Waals surface area contributed by atoms with Crippen molar-refractivity contribution < 1.29 is 4.74 Å². The van der Waals surface area contributed by atoms with Crippen molar-refractivity contribution in [1.82, 2.24) is 0 Å². The Morgan fingerprint density at radius 3 is 2.58 bits per heavy atom. The van der Waals surface area contributed by atoms with E-state index in [0.717, 1.165) is 6.42 Å². The third-order valence-corrected chi connectivity index (χ3v) is 1.96. The van der Waals surface area contributed by atoms with Crippen molar-refractivity contribution in [2.75, 3.05) is 7.11 Å². The molecule has 1 rings (SSSR count). The van der Waals surface area contributed by atoms with Crippen molar-refractivity contribution in [1.29, 1.82) is 0 Å². The van der Waals surface area contributed by atoms with Gasteiger partial charge in [-0.25, -0.2) is 0 Å². The Labute approximate surface area is 78.4 Å². The van der Waals surface area contributed by atoms with E-state index >= 15 is 0 Å². The van der Waals surface area contributed by atoms with Crippen molar-refractivity contribution in [2.24, 2.45) is 0 Å². The standard InChI is InChI=1S/C10H12OS/c1-11-10(7-8-12)9-5-3-2-4-6-9/h2-6,8,10H,7H2,1H3. The molecule has 1 aromatic carbocycles. The van der Waals surface area contributed by atoms with Crippen LogP contribution in [0.2, 0.25) is 0 Å². The van der Waals surface area contributed by atoms with E-state index in [1.165, 1.54) is 5.56 Å². The zero-order valence-corrected chi connectivity index (χ0v) is 7.88. The lowest BCUT2D eigenvalue weighted by atomic mass is 10.1. The van der Waals surface area contributed by atoms with Crippen molar-refractivity contribution >= 4 is 17.6 Å². The maximum Gasteiger partial charge on any atom is 0.0863 e. The van der Waals surface area contributed by atoms with Gasteiger partial charge in [0.05, 0.1) is 6.10 Å². The highest BCUT2D eigenvalue weighted by molar-refractivity contribution is 7.78. The van der Waals surface area contributed by atoms with E-state index in [0.29, 0.717) is 0 Å². The lowest BCUT2D eigenvalue weighted by molar-refractivity contribution is 0.111. The molecule has 1 nitrogen and oxygen atoms in total. The van der Waals surface area contributed by atoms with E-state index in [-0.39, 0.29) is 6.10 Å². The van der Waals surface area contributed by atoms with Gasteiger partial charge in [-0.15, -0.1) is 0 Å². The Morgan fingerprint density at radius 2 is 2.08 bits per heavy atom. The summed E-state index contributed by atoms with van der Waals surface area (Å²) in [6.45, 7) is 0. The Balaban J connectivity index is 2.72. The van der Waals surface area contributed by atoms with Crippen LogP contribution in [-0.2, 0) is 4.74 Å². The second-order valence-electron chi connectivity index (χ2n) is 2.54. The number of hydrogen-bond acceptors (Lipinski definition) is 2. The number of benzene rings is 1. The summed E-state index contributed by atoms with van der Waals surface area (Å²) in [6.07, 6.45) is 0.902. The van der Waals surface area contributed by atoms with Gasteiger partial charge in [-0.3, -0.25) is 0 Å². The van der Waals surface area contributed by atoms with E-state index < -0.39 is 0 Å². The van der Waals surface area contributed by atoms with Crippen LogP contribution in [0.15, 0.2) is 30.3 Å². The van der Waals surface area contributed by atoms with Crippen LogP contribution in [0.25, 0.3) is 0 Å². The van der Waals surface area contributed by atoms with E-state index in [1.807, 2.05) is 30.3 Å². The maximum atomic E-state index is 5.28. The van der Waals surface area contributed by atoms with Crippen LogP contribution in [-0.4, -0.2) is 12.5 Å². The van der Waals surface area contributed by atoms with Crippen LogP contribution < -0.4 is 0 Å². The van der Waals surface area contributed by atoms with Crippen LogP contribution in [0.1, 0.15) is 18.1 Å². The molecule has 1 aromatic rings. The fourth-order valence-electron chi connectivity index (χ4n) is 1.12. The first-order valence-electron chi connectivity index (χ1n) is 3.90. The molecule has 0 aliphatic heterocycles. The van der Waals surface area contributed by atoms with Crippen LogP contribution in [0.3, 0.4) is 0 Å². The Bertz CT molecular complexity index is 233. The molecular weight excluding hydrogens is 168 g/mol.